The van der Waals surface area contributed by atoms with E-state index in [1.165, 1.54) is 0 Å². The monoisotopic (exact) mass is 332 g/mol. The maximum atomic E-state index is 11.1. The molecule has 0 spiro atoms. The van der Waals surface area contributed by atoms with E-state index in [0.29, 0.717) is 22.6 Å². The second kappa shape index (κ2) is 7.90. The molecular formula is C20H16N2O3. The van der Waals surface area contributed by atoms with Gasteiger partial charge in [0.1, 0.15) is 11.5 Å². The number of ether oxygens (including phenoxy) is 1. The number of hydroxylamine groups is 1. The zero-order valence-electron chi connectivity index (χ0n) is 13.3. The van der Waals surface area contributed by atoms with Crippen molar-refractivity contribution >= 4 is 17.8 Å². The fourth-order valence-electron chi connectivity index (χ4n) is 2.30. The molecule has 0 aliphatic heterocycles. The van der Waals surface area contributed by atoms with Gasteiger partial charge in [-0.3, -0.25) is 15.5 Å². The molecule has 5 heteroatoms. The van der Waals surface area contributed by atoms with Crippen LogP contribution in [0.1, 0.15) is 15.9 Å². The molecule has 3 aromatic carbocycles. The third-order valence-electron chi connectivity index (χ3n) is 3.51. The Labute approximate surface area is 145 Å². The first-order chi connectivity index (χ1) is 12.3. The molecule has 0 amide bonds. The van der Waals surface area contributed by atoms with Crippen LogP contribution in [0.4, 0.5) is 5.69 Å². The van der Waals surface area contributed by atoms with Crippen LogP contribution in [-0.4, -0.2) is 17.3 Å². The fraction of sp³-hybridized carbons (Fsp3) is 0. The van der Waals surface area contributed by atoms with Gasteiger partial charge in [-0.05, 0) is 36.4 Å². The van der Waals surface area contributed by atoms with Gasteiger partial charge in [0.05, 0.1) is 5.69 Å². The van der Waals surface area contributed by atoms with Crippen molar-refractivity contribution in [2.45, 2.75) is 0 Å². The summed E-state index contributed by atoms with van der Waals surface area (Å²) in [5.41, 5.74) is 3.62. The standard InChI is InChI=1S/C20H16N2O3/c23-14-15-6-4-5-9-19(15)20(22-24)21-16-10-12-18(13-11-16)25-17-7-2-1-3-8-17/h1-14,24H,(H,21,22). The smallest absolute Gasteiger partial charge is 0.158 e. The Morgan fingerprint density at radius 1 is 0.880 bits per heavy atom. The molecule has 0 saturated carbocycles. The number of aliphatic imine (C=N–C) groups is 1. The zero-order valence-corrected chi connectivity index (χ0v) is 13.3. The normalized spacial score (nSPS) is 11.0. The Kier molecular flexibility index (Phi) is 5.19. The maximum absolute atomic E-state index is 11.1. The van der Waals surface area contributed by atoms with Gasteiger partial charge in [-0.1, -0.05) is 42.5 Å². The average Bonchev–Trinajstić information content (AvgIpc) is 2.68. The molecule has 0 radical (unpaired) electrons. The highest BCUT2D eigenvalue weighted by atomic mass is 16.5. The summed E-state index contributed by atoms with van der Waals surface area (Å²) in [6.07, 6.45) is 0.721. The van der Waals surface area contributed by atoms with Crippen molar-refractivity contribution in [2.75, 3.05) is 0 Å². The molecule has 0 bridgehead atoms. The van der Waals surface area contributed by atoms with Crippen molar-refractivity contribution in [3.63, 3.8) is 0 Å². The minimum absolute atomic E-state index is 0.194. The van der Waals surface area contributed by atoms with Crippen molar-refractivity contribution in [1.82, 2.24) is 5.48 Å². The van der Waals surface area contributed by atoms with Crippen molar-refractivity contribution < 1.29 is 14.7 Å². The number of aldehydes is 1. The molecule has 0 fully saturated rings. The van der Waals surface area contributed by atoms with Gasteiger partial charge in [-0.15, -0.1) is 0 Å². The van der Waals surface area contributed by atoms with Crippen LogP contribution in [0.5, 0.6) is 11.5 Å². The highest BCUT2D eigenvalue weighted by Crippen LogP contribution is 2.24. The molecule has 0 atom stereocenters. The molecule has 0 aliphatic carbocycles. The number of hydrogen-bond acceptors (Lipinski definition) is 4. The third kappa shape index (κ3) is 4.10. The summed E-state index contributed by atoms with van der Waals surface area (Å²) in [6, 6.07) is 23.4. The van der Waals surface area contributed by atoms with E-state index >= 15 is 0 Å². The Morgan fingerprint density at radius 3 is 2.20 bits per heavy atom. The number of amidine groups is 1. The number of para-hydroxylation sites is 1. The first-order valence-corrected chi connectivity index (χ1v) is 7.66. The first kappa shape index (κ1) is 16.4. The minimum atomic E-state index is 0.194. The molecule has 25 heavy (non-hydrogen) atoms. The van der Waals surface area contributed by atoms with Crippen molar-refractivity contribution in [2.24, 2.45) is 4.99 Å². The van der Waals surface area contributed by atoms with Gasteiger partial charge < -0.3 is 4.74 Å². The molecule has 124 valence electrons. The van der Waals surface area contributed by atoms with Gasteiger partial charge >= 0.3 is 0 Å². The summed E-state index contributed by atoms with van der Waals surface area (Å²) in [4.78, 5) is 15.5. The molecule has 3 rings (SSSR count). The predicted molar refractivity (Wildman–Crippen MR) is 95.9 cm³/mol. The molecular weight excluding hydrogens is 316 g/mol. The molecule has 2 N–H and O–H groups in total. The van der Waals surface area contributed by atoms with Gasteiger partial charge in [0.2, 0.25) is 0 Å². The zero-order chi connectivity index (χ0) is 17.5. The summed E-state index contributed by atoms with van der Waals surface area (Å²) >= 11 is 0. The number of rotatable bonds is 5. The topological polar surface area (TPSA) is 70.9 Å². The number of carbonyl (C=O) groups excluding carboxylic acids is 1. The van der Waals surface area contributed by atoms with Crippen LogP contribution < -0.4 is 10.2 Å². The molecule has 0 aromatic heterocycles. The second-order valence-corrected chi connectivity index (χ2v) is 5.19. The SMILES string of the molecule is O=Cc1ccccc1C(=Nc1ccc(Oc2ccccc2)cc1)NO. The molecule has 5 nitrogen and oxygen atoms in total. The number of hydrogen-bond donors (Lipinski definition) is 2. The first-order valence-electron chi connectivity index (χ1n) is 7.66. The maximum Gasteiger partial charge on any atom is 0.158 e. The van der Waals surface area contributed by atoms with Crippen LogP contribution in [0.15, 0.2) is 83.9 Å². The lowest BCUT2D eigenvalue weighted by Gasteiger charge is -2.08. The van der Waals surface area contributed by atoms with Crippen molar-refractivity contribution in [3.8, 4) is 11.5 Å². The predicted octanol–water partition coefficient (Wildman–Crippen LogP) is 4.35. The minimum Gasteiger partial charge on any atom is -0.457 e. The summed E-state index contributed by atoms with van der Waals surface area (Å²) in [5.74, 6) is 1.62. The van der Waals surface area contributed by atoms with Crippen LogP contribution in [-0.2, 0) is 0 Å². The van der Waals surface area contributed by atoms with E-state index in [4.69, 9.17) is 4.74 Å². The molecule has 0 heterocycles. The quantitative estimate of drug-likeness (QED) is 0.315. The van der Waals surface area contributed by atoms with Gasteiger partial charge in [0, 0.05) is 11.1 Å². The van der Waals surface area contributed by atoms with Gasteiger partial charge in [0.25, 0.3) is 0 Å². The summed E-state index contributed by atoms with van der Waals surface area (Å²) < 4.78 is 5.73. The lowest BCUT2D eigenvalue weighted by atomic mass is 10.1. The highest BCUT2D eigenvalue weighted by molar-refractivity contribution is 6.05. The number of carbonyl (C=O) groups is 1. The van der Waals surface area contributed by atoms with E-state index in [0.717, 1.165) is 12.0 Å². The van der Waals surface area contributed by atoms with Crippen molar-refractivity contribution in [3.05, 3.63) is 90.0 Å². The van der Waals surface area contributed by atoms with Crippen LogP contribution in [0.2, 0.25) is 0 Å². The number of benzene rings is 3. The second-order valence-electron chi connectivity index (χ2n) is 5.19. The number of nitrogens with one attached hydrogen (secondary N) is 1. The third-order valence-corrected chi connectivity index (χ3v) is 3.51. The van der Waals surface area contributed by atoms with Gasteiger partial charge in [-0.25, -0.2) is 4.99 Å². The van der Waals surface area contributed by atoms with Gasteiger partial charge in [-0.2, -0.15) is 0 Å². The van der Waals surface area contributed by atoms with Crippen LogP contribution in [0.3, 0.4) is 0 Å². The molecule has 3 aromatic rings. The molecule has 0 saturated heterocycles. The summed E-state index contributed by atoms with van der Waals surface area (Å²) in [7, 11) is 0. The summed E-state index contributed by atoms with van der Waals surface area (Å²) in [6.45, 7) is 0. The Hall–Kier alpha value is -3.44. The van der Waals surface area contributed by atoms with Crippen LogP contribution in [0.25, 0.3) is 0 Å². The lowest BCUT2D eigenvalue weighted by Crippen LogP contribution is -2.21. The average molecular weight is 332 g/mol. The van der Waals surface area contributed by atoms with E-state index < -0.39 is 0 Å². The van der Waals surface area contributed by atoms with Gasteiger partial charge in [0.15, 0.2) is 12.1 Å². The van der Waals surface area contributed by atoms with E-state index in [1.54, 1.807) is 48.5 Å². The van der Waals surface area contributed by atoms with Crippen LogP contribution in [0, 0.1) is 0 Å². The largest absolute Gasteiger partial charge is 0.457 e. The summed E-state index contributed by atoms with van der Waals surface area (Å²) in [5, 5.41) is 9.39. The Morgan fingerprint density at radius 2 is 1.52 bits per heavy atom. The fourth-order valence-corrected chi connectivity index (χ4v) is 2.30. The number of nitrogens with zero attached hydrogens (tertiary/aromatic N) is 1. The van der Waals surface area contributed by atoms with E-state index in [1.807, 2.05) is 30.3 Å². The lowest BCUT2D eigenvalue weighted by molar-refractivity contribution is 0.112. The van der Waals surface area contributed by atoms with E-state index in [9.17, 15) is 10.0 Å². The van der Waals surface area contributed by atoms with Crippen LogP contribution >= 0.6 is 0 Å². The Balaban J connectivity index is 1.83. The van der Waals surface area contributed by atoms with E-state index in [2.05, 4.69) is 10.5 Å². The Bertz CT molecular complexity index is 875. The van der Waals surface area contributed by atoms with Crippen molar-refractivity contribution in [1.29, 1.82) is 0 Å². The highest BCUT2D eigenvalue weighted by Gasteiger charge is 2.08. The van der Waals surface area contributed by atoms with E-state index in [-0.39, 0.29) is 5.84 Å². The molecule has 0 unspecified atom stereocenters. The molecule has 0 aliphatic rings.